The van der Waals surface area contributed by atoms with Gasteiger partial charge in [-0.1, -0.05) is 44.2 Å². The standard InChI is InChI=1S/C19H20N4O2.C3H6.C2H6/c24-18(23-25)6-5-14-1-3-15(4-2-14)13-20-10-7-16-8-11-21-19-17(16)9-12-22-19;1-3-2;1-2/h1-6,8-9,11-12,20,25H,7,10,13H2,(H,21,22)(H,23,24);3H,1H2,2H3;1-2H3/b6-5+;;. The predicted octanol–water partition coefficient (Wildman–Crippen LogP) is 4.63. The number of rotatable bonds is 7. The predicted molar refractivity (Wildman–Crippen MR) is 124 cm³/mol. The molecule has 0 bridgehead atoms. The molecule has 0 spiro atoms. The second-order valence-electron chi connectivity index (χ2n) is 6.10. The molecule has 1 amide bonds. The molecule has 0 fully saturated rings. The first-order chi connectivity index (χ1) is 14.7. The molecule has 4 N–H and O–H groups in total. The maximum absolute atomic E-state index is 10.9. The number of fused-ring (bicyclic) bond motifs is 1. The largest absolute Gasteiger partial charge is 0.346 e. The van der Waals surface area contributed by atoms with Crippen molar-refractivity contribution in [2.45, 2.75) is 33.7 Å². The first-order valence-corrected chi connectivity index (χ1v) is 10.1. The van der Waals surface area contributed by atoms with Crippen LogP contribution in [0.1, 0.15) is 37.5 Å². The molecule has 0 unspecified atom stereocenters. The van der Waals surface area contributed by atoms with Crippen LogP contribution in [0.4, 0.5) is 0 Å². The summed E-state index contributed by atoms with van der Waals surface area (Å²) >= 11 is 0. The number of pyridine rings is 1. The van der Waals surface area contributed by atoms with Crippen LogP contribution < -0.4 is 10.8 Å². The number of benzene rings is 1. The molecular formula is C24H32N4O2. The van der Waals surface area contributed by atoms with E-state index in [2.05, 4.69) is 34.0 Å². The van der Waals surface area contributed by atoms with E-state index in [1.807, 2.05) is 57.4 Å². The van der Waals surface area contributed by atoms with Crippen LogP contribution in [0.25, 0.3) is 17.1 Å². The van der Waals surface area contributed by atoms with E-state index in [0.717, 1.165) is 30.7 Å². The average molecular weight is 409 g/mol. The molecule has 0 radical (unpaired) electrons. The van der Waals surface area contributed by atoms with E-state index in [1.54, 1.807) is 17.6 Å². The van der Waals surface area contributed by atoms with Gasteiger partial charge < -0.3 is 10.3 Å². The van der Waals surface area contributed by atoms with E-state index < -0.39 is 5.91 Å². The van der Waals surface area contributed by atoms with Gasteiger partial charge in [-0.15, -0.1) is 6.58 Å². The zero-order valence-electron chi connectivity index (χ0n) is 18.0. The molecule has 30 heavy (non-hydrogen) atoms. The molecule has 0 atom stereocenters. The second kappa shape index (κ2) is 14.7. The van der Waals surface area contributed by atoms with Gasteiger partial charge in [-0.05, 0) is 54.8 Å². The number of hydroxylamine groups is 1. The fourth-order valence-electron chi connectivity index (χ4n) is 2.65. The van der Waals surface area contributed by atoms with Crippen molar-refractivity contribution < 1.29 is 10.0 Å². The quantitative estimate of drug-likeness (QED) is 0.151. The highest BCUT2D eigenvalue weighted by Gasteiger charge is 2.02. The van der Waals surface area contributed by atoms with Crippen molar-refractivity contribution >= 4 is 23.0 Å². The van der Waals surface area contributed by atoms with Gasteiger partial charge in [-0.3, -0.25) is 10.0 Å². The summed E-state index contributed by atoms with van der Waals surface area (Å²) in [6, 6.07) is 12.0. The minimum atomic E-state index is -0.543. The maximum atomic E-state index is 10.9. The minimum absolute atomic E-state index is 0.543. The van der Waals surface area contributed by atoms with Gasteiger partial charge in [0.1, 0.15) is 5.65 Å². The number of allylic oxidation sites excluding steroid dienone is 1. The Morgan fingerprint density at radius 1 is 1.20 bits per heavy atom. The first-order valence-electron chi connectivity index (χ1n) is 10.1. The number of carbonyl (C=O) groups is 1. The van der Waals surface area contributed by atoms with Gasteiger partial charge in [-0.25, -0.2) is 10.5 Å². The lowest BCUT2D eigenvalue weighted by Gasteiger charge is -2.06. The van der Waals surface area contributed by atoms with Crippen LogP contribution in [0.3, 0.4) is 0 Å². The van der Waals surface area contributed by atoms with Crippen molar-refractivity contribution in [3.8, 4) is 0 Å². The van der Waals surface area contributed by atoms with Gasteiger partial charge in [0.2, 0.25) is 0 Å². The zero-order valence-corrected chi connectivity index (χ0v) is 18.0. The average Bonchev–Trinajstić information content (AvgIpc) is 3.27. The molecule has 2 heterocycles. The maximum Gasteiger partial charge on any atom is 0.267 e. The number of H-pyrrole nitrogens is 1. The topological polar surface area (TPSA) is 90.0 Å². The van der Waals surface area contributed by atoms with Crippen molar-refractivity contribution in [2.24, 2.45) is 0 Å². The number of carbonyl (C=O) groups excluding carboxylic acids is 1. The lowest BCUT2D eigenvalue weighted by Crippen LogP contribution is -2.16. The number of aromatic amines is 1. The number of nitrogens with zero attached hydrogens (tertiary/aromatic N) is 1. The third-order valence-electron chi connectivity index (χ3n) is 3.97. The molecule has 0 aliphatic carbocycles. The SMILES string of the molecule is C=CC.CC.O=C(/C=C/c1ccc(CNCCc2ccnc3[nH]ccc23)cc1)NO. The summed E-state index contributed by atoms with van der Waals surface area (Å²) in [6.45, 7) is 10.9. The molecule has 6 nitrogen and oxygen atoms in total. The van der Waals surface area contributed by atoms with Crippen molar-refractivity contribution in [2.75, 3.05) is 6.54 Å². The molecule has 0 saturated heterocycles. The van der Waals surface area contributed by atoms with E-state index in [9.17, 15) is 4.79 Å². The van der Waals surface area contributed by atoms with E-state index >= 15 is 0 Å². The van der Waals surface area contributed by atoms with Crippen LogP contribution in [0, 0.1) is 0 Å². The summed E-state index contributed by atoms with van der Waals surface area (Å²) in [5.41, 5.74) is 5.84. The summed E-state index contributed by atoms with van der Waals surface area (Å²) in [7, 11) is 0. The molecule has 0 saturated carbocycles. The molecule has 0 aliphatic heterocycles. The summed E-state index contributed by atoms with van der Waals surface area (Å²) in [5, 5.41) is 13.1. The Hall–Kier alpha value is -3.22. The van der Waals surface area contributed by atoms with Crippen LogP contribution in [0.15, 0.2) is 67.5 Å². The van der Waals surface area contributed by atoms with Gasteiger partial charge in [0.25, 0.3) is 5.91 Å². The van der Waals surface area contributed by atoms with Gasteiger partial charge in [0.05, 0.1) is 0 Å². The number of aromatic nitrogens is 2. The van der Waals surface area contributed by atoms with E-state index in [0.29, 0.717) is 0 Å². The Bertz CT molecular complexity index is 914. The summed E-state index contributed by atoms with van der Waals surface area (Å²) < 4.78 is 0. The van der Waals surface area contributed by atoms with Crippen molar-refractivity contribution in [1.82, 2.24) is 20.8 Å². The van der Waals surface area contributed by atoms with Crippen molar-refractivity contribution in [1.29, 1.82) is 0 Å². The normalized spacial score (nSPS) is 10.0. The van der Waals surface area contributed by atoms with Crippen LogP contribution in [-0.2, 0) is 17.8 Å². The van der Waals surface area contributed by atoms with Gasteiger partial charge >= 0.3 is 0 Å². The van der Waals surface area contributed by atoms with E-state index in [-0.39, 0.29) is 0 Å². The van der Waals surface area contributed by atoms with E-state index in [1.165, 1.54) is 22.6 Å². The number of nitrogens with one attached hydrogen (secondary N) is 3. The van der Waals surface area contributed by atoms with Gasteiger partial charge in [0, 0.05) is 30.4 Å². The lowest BCUT2D eigenvalue weighted by molar-refractivity contribution is -0.124. The molecule has 160 valence electrons. The zero-order chi connectivity index (χ0) is 22.2. The van der Waals surface area contributed by atoms with Crippen LogP contribution in [-0.4, -0.2) is 27.6 Å². The highest BCUT2D eigenvalue weighted by Crippen LogP contribution is 2.15. The Balaban J connectivity index is 0.000000826. The molecule has 3 rings (SSSR count). The Labute approximate surface area is 178 Å². The molecule has 3 aromatic rings. The monoisotopic (exact) mass is 408 g/mol. The highest BCUT2D eigenvalue weighted by molar-refractivity contribution is 5.90. The summed E-state index contributed by atoms with van der Waals surface area (Å²) in [5.74, 6) is -0.543. The highest BCUT2D eigenvalue weighted by atomic mass is 16.5. The second-order valence-corrected chi connectivity index (χ2v) is 6.10. The van der Waals surface area contributed by atoms with Crippen molar-refractivity contribution in [3.63, 3.8) is 0 Å². The molecular weight excluding hydrogens is 376 g/mol. The molecule has 1 aromatic carbocycles. The lowest BCUT2D eigenvalue weighted by atomic mass is 10.1. The van der Waals surface area contributed by atoms with Gasteiger partial charge in [0.15, 0.2) is 0 Å². The first kappa shape index (κ1) is 24.8. The number of hydrogen-bond donors (Lipinski definition) is 4. The van der Waals surface area contributed by atoms with Crippen molar-refractivity contribution in [3.05, 3.63) is 84.2 Å². The summed E-state index contributed by atoms with van der Waals surface area (Å²) in [4.78, 5) is 18.4. The smallest absolute Gasteiger partial charge is 0.267 e. The minimum Gasteiger partial charge on any atom is -0.346 e. The number of hydrogen-bond acceptors (Lipinski definition) is 4. The fraction of sp³-hybridized carbons (Fsp3) is 0.250. The van der Waals surface area contributed by atoms with Crippen LogP contribution >= 0.6 is 0 Å². The molecule has 2 aromatic heterocycles. The summed E-state index contributed by atoms with van der Waals surface area (Å²) in [6.07, 6.45) is 9.36. The molecule has 0 aliphatic rings. The Kier molecular flexibility index (Phi) is 12.2. The Morgan fingerprint density at radius 3 is 2.57 bits per heavy atom. The molecule has 6 heteroatoms. The van der Waals surface area contributed by atoms with Crippen LogP contribution in [0.5, 0.6) is 0 Å². The third kappa shape index (κ3) is 8.43. The van der Waals surface area contributed by atoms with E-state index in [4.69, 9.17) is 5.21 Å². The van der Waals surface area contributed by atoms with Crippen LogP contribution in [0.2, 0.25) is 0 Å². The fourth-order valence-corrected chi connectivity index (χ4v) is 2.65. The third-order valence-corrected chi connectivity index (χ3v) is 3.97. The number of amides is 1. The Morgan fingerprint density at radius 2 is 1.90 bits per heavy atom. The van der Waals surface area contributed by atoms with Gasteiger partial charge in [-0.2, -0.15) is 0 Å².